The molecule has 0 heterocycles. The van der Waals surface area contributed by atoms with E-state index in [9.17, 15) is 0 Å². The van der Waals surface area contributed by atoms with Crippen LogP contribution in [-0.4, -0.2) is 3.92 Å². The molecule has 0 aliphatic heterocycles. The van der Waals surface area contributed by atoms with Crippen LogP contribution in [0.1, 0.15) is 85.0 Å². The van der Waals surface area contributed by atoms with E-state index in [1.807, 2.05) is 0 Å². The lowest BCUT2D eigenvalue weighted by Gasteiger charge is -2.61. The molecule has 4 aliphatic rings. The summed E-state index contributed by atoms with van der Waals surface area (Å²) in [6.07, 6.45) is 15.3. The van der Waals surface area contributed by atoms with Crippen molar-refractivity contribution in [1.82, 2.24) is 0 Å². The van der Waals surface area contributed by atoms with Gasteiger partial charge < -0.3 is 0 Å². The van der Waals surface area contributed by atoms with E-state index in [0.29, 0.717) is 10.8 Å². The van der Waals surface area contributed by atoms with Crippen LogP contribution in [0.3, 0.4) is 0 Å². The van der Waals surface area contributed by atoms with E-state index < -0.39 is 0 Å². The highest BCUT2D eigenvalue weighted by atomic mass is 127. The summed E-state index contributed by atoms with van der Waals surface area (Å²) in [7, 11) is 0. The highest BCUT2D eigenvalue weighted by Crippen LogP contribution is 2.68. The van der Waals surface area contributed by atoms with E-state index >= 15 is 0 Å². The minimum atomic E-state index is 0.680. The Morgan fingerprint density at radius 1 is 0.955 bits per heavy atom. The minimum Gasteiger partial charge on any atom is -0.0823 e. The summed E-state index contributed by atoms with van der Waals surface area (Å²) in [5.41, 5.74) is 1.39. The Labute approximate surface area is 151 Å². The summed E-state index contributed by atoms with van der Waals surface area (Å²) in [5, 5.41) is 0. The van der Waals surface area contributed by atoms with Crippen molar-refractivity contribution in [2.45, 2.75) is 88.9 Å². The number of hydrogen-bond donors (Lipinski definition) is 0. The standard InChI is InChI=1S/C21H35I/c1-4-14-13-18(22)19-16-9-8-15-7-5-6-11-20(15,2)17(16)10-12-21(14,19)3/h14-19H,4-13H2,1-3H3/t14-,15?,16+,17-,18?,19+,20-,21+/m0/s1. The fraction of sp³-hybridized carbons (Fsp3) is 1.00. The smallest absolute Gasteiger partial charge is 0.0149 e. The fourth-order valence-corrected chi connectivity index (χ4v) is 10.0. The lowest BCUT2D eigenvalue weighted by molar-refractivity contribution is -0.109. The molecule has 0 radical (unpaired) electrons. The summed E-state index contributed by atoms with van der Waals surface area (Å²) >= 11 is 2.86. The van der Waals surface area contributed by atoms with Crippen molar-refractivity contribution >= 4 is 22.6 Å². The third-order valence-corrected chi connectivity index (χ3v) is 10.5. The Morgan fingerprint density at radius 3 is 2.55 bits per heavy atom. The van der Waals surface area contributed by atoms with Crippen LogP contribution in [0, 0.1) is 40.4 Å². The highest BCUT2D eigenvalue weighted by molar-refractivity contribution is 14.1. The highest BCUT2D eigenvalue weighted by Gasteiger charge is 2.61. The van der Waals surface area contributed by atoms with Crippen LogP contribution >= 0.6 is 22.6 Å². The summed E-state index contributed by atoms with van der Waals surface area (Å²) < 4.78 is 0.962. The summed E-state index contributed by atoms with van der Waals surface area (Å²) in [5.74, 6) is 5.26. The second-order valence-electron chi connectivity index (χ2n) is 9.72. The molecular formula is C21H35I. The van der Waals surface area contributed by atoms with Crippen molar-refractivity contribution in [2.24, 2.45) is 40.4 Å². The topological polar surface area (TPSA) is 0 Å². The molecule has 4 aliphatic carbocycles. The summed E-state index contributed by atoms with van der Waals surface area (Å²) in [6.45, 7) is 7.86. The largest absolute Gasteiger partial charge is 0.0823 e. The molecular weight excluding hydrogens is 379 g/mol. The van der Waals surface area contributed by atoms with Gasteiger partial charge >= 0.3 is 0 Å². The van der Waals surface area contributed by atoms with E-state index in [0.717, 1.165) is 33.5 Å². The Kier molecular flexibility index (Phi) is 4.15. The van der Waals surface area contributed by atoms with Crippen molar-refractivity contribution in [1.29, 1.82) is 0 Å². The van der Waals surface area contributed by atoms with Crippen LogP contribution in [0.4, 0.5) is 0 Å². The maximum absolute atomic E-state index is 2.86. The van der Waals surface area contributed by atoms with Gasteiger partial charge in [0.15, 0.2) is 0 Å². The first-order chi connectivity index (χ1) is 10.5. The Bertz CT molecular complexity index is 432. The number of halogens is 1. The number of hydrogen-bond acceptors (Lipinski definition) is 0. The second kappa shape index (κ2) is 5.63. The molecule has 4 saturated carbocycles. The van der Waals surface area contributed by atoms with E-state index in [-0.39, 0.29) is 0 Å². The van der Waals surface area contributed by atoms with Gasteiger partial charge in [-0.25, -0.2) is 0 Å². The zero-order chi connectivity index (χ0) is 15.5. The molecule has 2 unspecified atom stereocenters. The van der Waals surface area contributed by atoms with E-state index in [2.05, 4.69) is 43.4 Å². The van der Waals surface area contributed by atoms with Crippen molar-refractivity contribution in [3.05, 3.63) is 0 Å². The molecule has 0 amide bonds. The lowest BCUT2D eigenvalue weighted by atomic mass is 9.45. The van der Waals surface area contributed by atoms with Gasteiger partial charge in [0, 0.05) is 3.92 Å². The molecule has 0 aromatic carbocycles. The zero-order valence-corrected chi connectivity index (χ0v) is 17.1. The van der Waals surface area contributed by atoms with Crippen molar-refractivity contribution in [3.63, 3.8) is 0 Å². The third-order valence-electron chi connectivity index (χ3n) is 9.20. The molecule has 4 rings (SSSR count). The normalized spacial score (nSPS) is 57.8. The van der Waals surface area contributed by atoms with Crippen LogP contribution in [0.2, 0.25) is 0 Å². The quantitative estimate of drug-likeness (QED) is 0.325. The molecule has 0 aromatic heterocycles. The van der Waals surface area contributed by atoms with Crippen LogP contribution in [-0.2, 0) is 0 Å². The van der Waals surface area contributed by atoms with Gasteiger partial charge in [0.05, 0.1) is 0 Å². The molecule has 0 saturated heterocycles. The molecule has 0 aromatic rings. The molecule has 0 bridgehead atoms. The molecule has 0 nitrogen and oxygen atoms in total. The van der Waals surface area contributed by atoms with Gasteiger partial charge in [-0.05, 0) is 85.4 Å². The maximum atomic E-state index is 2.86. The second-order valence-corrected chi connectivity index (χ2v) is 11.3. The Balaban J connectivity index is 1.66. The van der Waals surface area contributed by atoms with E-state index in [1.54, 1.807) is 38.5 Å². The lowest BCUT2D eigenvalue weighted by Crippen LogP contribution is -2.53. The average Bonchev–Trinajstić information content (AvgIpc) is 2.77. The van der Waals surface area contributed by atoms with Crippen molar-refractivity contribution in [2.75, 3.05) is 0 Å². The van der Waals surface area contributed by atoms with E-state index in [1.165, 1.54) is 25.7 Å². The van der Waals surface area contributed by atoms with Gasteiger partial charge in [0.25, 0.3) is 0 Å². The predicted octanol–water partition coefficient (Wildman–Crippen LogP) is 6.86. The zero-order valence-electron chi connectivity index (χ0n) is 14.9. The molecule has 4 fully saturated rings. The number of alkyl halides is 1. The maximum Gasteiger partial charge on any atom is 0.0149 e. The molecule has 22 heavy (non-hydrogen) atoms. The number of rotatable bonds is 1. The Morgan fingerprint density at radius 2 is 1.77 bits per heavy atom. The molecule has 0 N–H and O–H groups in total. The van der Waals surface area contributed by atoms with Crippen LogP contribution < -0.4 is 0 Å². The average molecular weight is 414 g/mol. The molecule has 8 atom stereocenters. The molecule has 126 valence electrons. The van der Waals surface area contributed by atoms with Crippen LogP contribution in [0.5, 0.6) is 0 Å². The van der Waals surface area contributed by atoms with Gasteiger partial charge in [-0.2, -0.15) is 0 Å². The SMILES string of the molecule is CC[C@H]1CC(I)[C@H]2[C@@H]3CCC4CCCC[C@]4(C)[C@H]3CC[C@]12C. The first kappa shape index (κ1) is 16.2. The Hall–Kier alpha value is 0.730. The molecule has 0 spiro atoms. The van der Waals surface area contributed by atoms with Crippen molar-refractivity contribution < 1.29 is 0 Å². The summed E-state index contributed by atoms with van der Waals surface area (Å²) in [4.78, 5) is 0. The number of fused-ring (bicyclic) bond motifs is 5. The predicted molar refractivity (Wildman–Crippen MR) is 103 cm³/mol. The first-order valence-electron chi connectivity index (χ1n) is 10.1. The van der Waals surface area contributed by atoms with E-state index in [4.69, 9.17) is 0 Å². The van der Waals surface area contributed by atoms with Gasteiger partial charge in [0.2, 0.25) is 0 Å². The molecule has 1 heteroatoms. The minimum absolute atomic E-state index is 0.680. The van der Waals surface area contributed by atoms with Gasteiger partial charge in [-0.3, -0.25) is 0 Å². The fourth-order valence-electron chi connectivity index (χ4n) is 8.05. The van der Waals surface area contributed by atoms with Gasteiger partial charge in [0.1, 0.15) is 0 Å². The monoisotopic (exact) mass is 414 g/mol. The van der Waals surface area contributed by atoms with Gasteiger partial charge in [-0.1, -0.05) is 62.6 Å². The third kappa shape index (κ3) is 2.12. The van der Waals surface area contributed by atoms with Crippen LogP contribution in [0.25, 0.3) is 0 Å². The van der Waals surface area contributed by atoms with Crippen molar-refractivity contribution in [3.8, 4) is 0 Å². The van der Waals surface area contributed by atoms with Gasteiger partial charge in [-0.15, -0.1) is 0 Å². The first-order valence-corrected chi connectivity index (χ1v) is 11.4. The van der Waals surface area contributed by atoms with Crippen LogP contribution in [0.15, 0.2) is 0 Å². The summed E-state index contributed by atoms with van der Waals surface area (Å²) in [6, 6.07) is 0.